The van der Waals surface area contributed by atoms with Crippen molar-refractivity contribution in [1.82, 2.24) is 0 Å². The molecule has 0 heterocycles. The normalized spacial score (nSPS) is 10.2. The lowest BCUT2D eigenvalue weighted by Crippen LogP contribution is -2.01. The molecule has 5 nitrogen and oxygen atoms in total. The number of benzene rings is 2. The molecule has 0 aromatic heterocycles. The molecule has 0 radical (unpaired) electrons. The highest BCUT2D eigenvalue weighted by Crippen LogP contribution is 2.26. The first-order chi connectivity index (χ1) is 10.1. The van der Waals surface area contributed by atoms with Gasteiger partial charge >= 0.3 is 0 Å². The lowest BCUT2D eigenvalue weighted by atomic mass is 10.1. The van der Waals surface area contributed by atoms with Crippen molar-refractivity contribution in [1.29, 1.82) is 0 Å². The van der Waals surface area contributed by atoms with Gasteiger partial charge < -0.3 is 10.1 Å². The van der Waals surface area contributed by atoms with E-state index < -0.39 is 4.92 Å². The van der Waals surface area contributed by atoms with Gasteiger partial charge in [-0.3, -0.25) is 10.1 Å². The standard InChI is InChI=1S/C16H18N2O3/c1-3-21-16-9-14(8-15(10-16)18(19)20)17-11-13-6-4-12(2)5-7-13/h4-10,17H,3,11H2,1-2H3. The molecule has 2 aromatic rings. The lowest BCUT2D eigenvalue weighted by Gasteiger charge is -2.09. The van der Waals surface area contributed by atoms with Gasteiger partial charge in [0.05, 0.1) is 17.6 Å². The number of hydrogen-bond donors (Lipinski definition) is 1. The van der Waals surface area contributed by atoms with Gasteiger partial charge in [0.25, 0.3) is 5.69 Å². The Morgan fingerprint density at radius 1 is 1.19 bits per heavy atom. The molecule has 0 atom stereocenters. The van der Waals surface area contributed by atoms with Gasteiger partial charge in [-0.05, 0) is 19.4 Å². The van der Waals surface area contributed by atoms with Crippen LogP contribution in [-0.4, -0.2) is 11.5 Å². The Morgan fingerprint density at radius 3 is 2.52 bits per heavy atom. The molecule has 5 heteroatoms. The predicted octanol–water partition coefficient (Wildman–Crippen LogP) is 3.91. The van der Waals surface area contributed by atoms with Crippen molar-refractivity contribution >= 4 is 11.4 Å². The highest BCUT2D eigenvalue weighted by Gasteiger charge is 2.10. The van der Waals surface area contributed by atoms with E-state index in [9.17, 15) is 10.1 Å². The lowest BCUT2D eigenvalue weighted by molar-refractivity contribution is -0.384. The van der Waals surface area contributed by atoms with Crippen molar-refractivity contribution in [3.63, 3.8) is 0 Å². The number of nitrogens with zero attached hydrogens (tertiary/aromatic N) is 1. The second kappa shape index (κ2) is 6.74. The summed E-state index contributed by atoms with van der Waals surface area (Å²) in [5.74, 6) is 0.498. The van der Waals surface area contributed by atoms with Gasteiger partial charge in [-0.1, -0.05) is 29.8 Å². The minimum atomic E-state index is -0.417. The fourth-order valence-corrected chi connectivity index (χ4v) is 1.95. The van der Waals surface area contributed by atoms with E-state index in [1.807, 2.05) is 38.1 Å². The number of hydrogen-bond acceptors (Lipinski definition) is 4. The molecular weight excluding hydrogens is 268 g/mol. The van der Waals surface area contributed by atoms with Crippen LogP contribution in [-0.2, 0) is 6.54 Å². The van der Waals surface area contributed by atoms with Crippen molar-refractivity contribution in [3.05, 3.63) is 63.7 Å². The summed E-state index contributed by atoms with van der Waals surface area (Å²) in [6.45, 7) is 4.95. The van der Waals surface area contributed by atoms with Crippen LogP contribution in [0.5, 0.6) is 5.75 Å². The molecule has 1 N–H and O–H groups in total. The maximum Gasteiger partial charge on any atom is 0.275 e. The second-order valence-electron chi connectivity index (χ2n) is 4.74. The first-order valence-corrected chi connectivity index (χ1v) is 6.80. The number of aryl methyl sites for hydroxylation is 1. The van der Waals surface area contributed by atoms with Gasteiger partial charge in [-0.25, -0.2) is 0 Å². The molecule has 2 rings (SSSR count). The second-order valence-corrected chi connectivity index (χ2v) is 4.74. The van der Waals surface area contributed by atoms with Gasteiger partial charge in [-0.15, -0.1) is 0 Å². The summed E-state index contributed by atoms with van der Waals surface area (Å²) >= 11 is 0. The monoisotopic (exact) mass is 286 g/mol. The van der Waals surface area contributed by atoms with Crippen LogP contribution in [0, 0.1) is 17.0 Å². The molecule has 0 aliphatic heterocycles. The molecule has 0 amide bonds. The van der Waals surface area contributed by atoms with Crippen molar-refractivity contribution in [2.75, 3.05) is 11.9 Å². The molecule has 0 aliphatic rings. The van der Waals surface area contributed by atoms with E-state index in [2.05, 4.69) is 5.32 Å². The van der Waals surface area contributed by atoms with E-state index in [0.717, 1.165) is 5.56 Å². The first kappa shape index (κ1) is 14.8. The molecule has 0 saturated heterocycles. The highest BCUT2D eigenvalue weighted by molar-refractivity contribution is 5.56. The number of nitrogens with one attached hydrogen (secondary N) is 1. The average molecular weight is 286 g/mol. The molecule has 2 aromatic carbocycles. The maximum absolute atomic E-state index is 10.9. The maximum atomic E-state index is 10.9. The third-order valence-electron chi connectivity index (χ3n) is 3.03. The van der Waals surface area contributed by atoms with Gasteiger partial charge in [0, 0.05) is 24.4 Å². The molecule has 0 spiro atoms. The molecule has 0 unspecified atom stereocenters. The van der Waals surface area contributed by atoms with E-state index in [0.29, 0.717) is 24.6 Å². The Kier molecular flexibility index (Phi) is 4.77. The van der Waals surface area contributed by atoms with Gasteiger partial charge in [0.15, 0.2) is 0 Å². The van der Waals surface area contributed by atoms with E-state index in [1.165, 1.54) is 17.7 Å². The SMILES string of the molecule is CCOc1cc(NCc2ccc(C)cc2)cc([N+](=O)[O-])c1. The predicted molar refractivity (Wildman–Crippen MR) is 82.8 cm³/mol. The van der Waals surface area contributed by atoms with Crippen LogP contribution in [0.3, 0.4) is 0 Å². The summed E-state index contributed by atoms with van der Waals surface area (Å²) in [6, 6.07) is 12.8. The van der Waals surface area contributed by atoms with Gasteiger partial charge in [0.2, 0.25) is 0 Å². The summed E-state index contributed by atoms with van der Waals surface area (Å²) in [5.41, 5.74) is 3.01. The smallest absolute Gasteiger partial charge is 0.275 e. The fraction of sp³-hybridized carbons (Fsp3) is 0.250. The van der Waals surface area contributed by atoms with E-state index in [-0.39, 0.29) is 5.69 Å². The number of nitro groups is 1. The average Bonchev–Trinajstić information content (AvgIpc) is 2.47. The van der Waals surface area contributed by atoms with E-state index >= 15 is 0 Å². The molecule has 110 valence electrons. The summed E-state index contributed by atoms with van der Waals surface area (Å²) in [7, 11) is 0. The number of nitro benzene ring substituents is 1. The van der Waals surface area contributed by atoms with Crippen molar-refractivity contribution in [3.8, 4) is 5.75 Å². The minimum Gasteiger partial charge on any atom is -0.494 e. The number of rotatable bonds is 6. The zero-order valence-electron chi connectivity index (χ0n) is 12.1. The first-order valence-electron chi connectivity index (χ1n) is 6.80. The Labute approximate surface area is 123 Å². The van der Waals surface area contributed by atoms with Crippen LogP contribution in [0.2, 0.25) is 0 Å². The van der Waals surface area contributed by atoms with Gasteiger partial charge in [0.1, 0.15) is 5.75 Å². The van der Waals surface area contributed by atoms with Crippen LogP contribution < -0.4 is 10.1 Å². The van der Waals surface area contributed by atoms with E-state index in [4.69, 9.17) is 4.74 Å². The van der Waals surface area contributed by atoms with Crippen LogP contribution in [0.25, 0.3) is 0 Å². The summed E-state index contributed by atoms with van der Waals surface area (Å²) in [6.07, 6.45) is 0. The quantitative estimate of drug-likeness (QED) is 0.646. The zero-order chi connectivity index (χ0) is 15.2. The third kappa shape index (κ3) is 4.21. The van der Waals surface area contributed by atoms with Gasteiger partial charge in [-0.2, -0.15) is 0 Å². The Hall–Kier alpha value is -2.56. The van der Waals surface area contributed by atoms with Crippen molar-refractivity contribution in [2.45, 2.75) is 20.4 Å². The third-order valence-corrected chi connectivity index (χ3v) is 3.03. The van der Waals surface area contributed by atoms with E-state index in [1.54, 1.807) is 6.07 Å². The fourth-order valence-electron chi connectivity index (χ4n) is 1.95. The highest BCUT2D eigenvalue weighted by atomic mass is 16.6. The number of non-ortho nitro benzene ring substituents is 1. The molecule has 0 aliphatic carbocycles. The number of ether oxygens (including phenoxy) is 1. The molecule has 21 heavy (non-hydrogen) atoms. The van der Waals surface area contributed by atoms with Crippen LogP contribution >= 0.6 is 0 Å². The Bertz CT molecular complexity index is 624. The topological polar surface area (TPSA) is 64.4 Å². The molecular formula is C16H18N2O3. The van der Waals surface area contributed by atoms with Crippen LogP contribution in [0.1, 0.15) is 18.1 Å². The summed E-state index contributed by atoms with van der Waals surface area (Å²) < 4.78 is 5.36. The Morgan fingerprint density at radius 2 is 1.90 bits per heavy atom. The van der Waals surface area contributed by atoms with Crippen molar-refractivity contribution < 1.29 is 9.66 Å². The van der Waals surface area contributed by atoms with Crippen LogP contribution in [0.15, 0.2) is 42.5 Å². The Balaban J connectivity index is 2.14. The summed E-state index contributed by atoms with van der Waals surface area (Å²) in [4.78, 5) is 10.5. The molecule has 0 bridgehead atoms. The van der Waals surface area contributed by atoms with Crippen molar-refractivity contribution in [2.24, 2.45) is 0 Å². The largest absolute Gasteiger partial charge is 0.494 e. The van der Waals surface area contributed by atoms with Crippen LogP contribution in [0.4, 0.5) is 11.4 Å². The zero-order valence-corrected chi connectivity index (χ0v) is 12.1. The minimum absolute atomic E-state index is 0.0207. The molecule has 0 fully saturated rings. The number of anilines is 1. The summed E-state index contributed by atoms with van der Waals surface area (Å²) in [5, 5.41) is 14.1. The molecule has 0 saturated carbocycles.